The molecule has 3 fully saturated rings. The van der Waals surface area contributed by atoms with Gasteiger partial charge in [0.25, 0.3) is 5.91 Å². The Hall–Kier alpha value is -2.85. The molecule has 37 heavy (non-hydrogen) atoms. The van der Waals surface area contributed by atoms with Crippen molar-refractivity contribution in [3.05, 3.63) is 28.8 Å². The quantitative estimate of drug-likeness (QED) is 0.360. The molecule has 1 saturated carbocycles. The summed E-state index contributed by atoms with van der Waals surface area (Å²) in [6.45, 7) is 7.70. The summed E-state index contributed by atoms with van der Waals surface area (Å²) in [7, 11) is 0. The van der Waals surface area contributed by atoms with E-state index in [1.54, 1.807) is 17.9 Å². The van der Waals surface area contributed by atoms with E-state index >= 15 is 0 Å². The average molecular weight is 535 g/mol. The third-order valence-corrected chi connectivity index (χ3v) is 7.71. The van der Waals surface area contributed by atoms with Gasteiger partial charge in [-0.3, -0.25) is 19.2 Å². The highest BCUT2D eigenvalue weighted by atomic mass is 35.5. The van der Waals surface area contributed by atoms with E-state index in [1.165, 1.54) is 12.1 Å². The molecule has 2 bridgehead atoms. The number of hydrogen-bond acceptors (Lipinski definition) is 7. The summed E-state index contributed by atoms with van der Waals surface area (Å²) in [6, 6.07) is 2.25. The lowest BCUT2D eigenvalue weighted by Gasteiger charge is -2.40. The molecule has 10 nitrogen and oxygen atoms in total. The second-order valence-corrected chi connectivity index (χ2v) is 11.5. The summed E-state index contributed by atoms with van der Waals surface area (Å²) in [4.78, 5) is 54.1. The molecular formula is C26H35ClN4O6. The highest BCUT2D eigenvalue weighted by Gasteiger charge is 2.54. The van der Waals surface area contributed by atoms with Gasteiger partial charge in [-0.25, -0.2) is 0 Å². The zero-order valence-corrected chi connectivity index (χ0v) is 22.3. The van der Waals surface area contributed by atoms with E-state index in [9.17, 15) is 19.2 Å². The van der Waals surface area contributed by atoms with Gasteiger partial charge in [0.1, 0.15) is 18.1 Å². The minimum Gasteiger partial charge on any atom is -0.433 e. The topological polar surface area (TPSA) is 140 Å². The molecule has 0 radical (unpaired) electrons. The first-order valence-electron chi connectivity index (χ1n) is 12.7. The second kappa shape index (κ2) is 10.5. The van der Waals surface area contributed by atoms with Gasteiger partial charge in [-0.15, -0.1) is 0 Å². The van der Waals surface area contributed by atoms with Crippen LogP contribution in [0.3, 0.4) is 0 Å². The first-order chi connectivity index (χ1) is 17.4. The standard InChI is InChI=1S/C26H35ClN4O6/c1-5-36-25-18(12-19(32)37-25)29-23(34)20-13-6-8-15(10-13)31(20)24(35)21(26(2,3)4)30-22(33)14-7-9-17(28)16(27)11-14/h7,9,11,13,15,18,20-21,25H,5-6,8,10,12,28H2,1-4H3,(H,29,34)(H,30,33)/t13?,15?,18?,20-,21?,25+/m0/s1. The van der Waals surface area contributed by atoms with Crippen molar-refractivity contribution in [3.63, 3.8) is 0 Å². The zero-order valence-electron chi connectivity index (χ0n) is 21.6. The van der Waals surface area contributed by atoms with Gasteiger partial charge in [-0.1, -0.05) is 32.4 Å². The molecule has 4 rings (SSSR count). The summed E-state index contributed by atoms with van der Waals surface area (Å²) in [5, 5.41) is 6.02. The SMILES string of the molecule is CCO[C@@H]1OC(=O)CC1NC(=O)[C@@H]1C2CCC(C2)N1C(=O)C(NC(=O)c1ccc(N)c(Cl)c1)C(C)(C)C. The van der Waals surface area contributed by atoms with Crippen LogP contribution in [0.25, 0.3) is 0 Å². The lowest BCUT2D eigenvalue weighted by atomic mass is 9.84. The van der Waals surface area contributed by atoms with Gasteiger partial charge in [0, 0.05) is 18.2 Å². The fourth-order valence-electron chi connectivity index (χ4n) is 5.56. The number of nitrogens with zero attached hydrogens (tertiary/aromatic N) is 1. The molecule has 6 atom stereocenters. The Bertz CT molecular complexity index is 1090. The van der Waals surface area contributed by atoms with Crippen LogP contribution in [0.4, 0.5) is 5.69 Å². The van der Waals surface area contributed by atoms with Crippen molar-refractivity contribution in [2.24, 2.45) is 11.3 Å². The van der Waals surface area contributed by atoms with Crippen molar-refractivity contribution in [2.75, 3.05) is 12.3 Å². The Labute approximate surface area is 221 Å². The molecule has 4 unspecified atom stereocenters. The van der Waals surface area contributed by atoms with E-state index in [1.807, 2.05) is 20.8 Å². The normalized spacial score (nSPS) is 27.6. The number of cyclic esters (lactones) is 1. The van der Waals surface area contributed by atoms with Gasteiger partial charge in [-0.05, 0) is 55.7 Å². The molecule has 0 aromatic heterocycles. The van der Waals surface area contributed by atoms with Gasteiger partial charge < -0.3 is 30.7 Å². The van der Waals surface area contributed by atoms with Gasteiger partial charge in [0.05, 0.1) is 17.1 Å². The van der Waals surface area contributed by atoms with E-state index in [0.29, 0.717) is 12.3 Å². The molecule has 202 valence electrons. The molecule has 4 N–H and O–H groups in total. The predicted molar refractivity (Wildman–Crippen MR) is 136 cm³/mol. The van der Waals surface area contributed by atoms with Crippen LogP contribution in [0.5, 0.6) is 0 Å². The Balaban J connectivity index is 1.54. The Kier molecular flexibility index (Phi) is 7.71. The molecule has 2 aliphatic heterocycles. The number of amides is 3. The Morgan fingerprint density at radius 2 is 2.00 bits per heavy atom. The fraction of sp³-hybridized carbons (Fsp3) is 0.615. The largest absolute Gasteiger partial charge is 0.433 e. The van der Waals surface area contributed by atoms with E-state index in [0.717, 1.165) is 19.3 Å². The van der Waals surface area contributed by atoms with Crippen LogP contribution in [0, 0.1) is 11.3 Å². The molecule has 1 aromatic rings. The summed E-state index contributed by atoms with van der Waals surface area (Å²) in [5.41, 5.74) is 5.76. The number of piperidine rings is 1. The number of likely N-dealkylation sites (tertiary alicyclic amines) is 1. The number of nitrogen functional groups attached to an aromatic ring is 1. The van der Waals surface area contributed by atoms with Gasteiger partial charge >= 0.3 is 5.97 Å². The number of fused-ring (bicyclic) bond motifs is 2. The number of carbonyl (C=O) groups is 4. The molecule has 3 aliphatic rings. The maximum atomic E-state index is 14.0. The first-order valence-corrected chi connectivity index (χ1v) is 13.1. The summed E-state index contributed by atoms with van der Waals surface area (Å²) in [5.74, 6) is -1.54. The number of carbonyl (C=O) groups excluding carboxylic acids is 4. The minimum atomic E-state index is -0.890. The van der Waals surface area contributed by atoms with Crippen LogP contribution in [0.1, 0.15) is 63.7 Å². The Morgan fingerprint density at radius 1 is 1.27 bits per heavy atom. The smallest absolute Gasteiger partial charge is 0.310 e. The molecule has 2 heterocycles. The van der Waals surface area contributed by atoms with Crippen LogP contribution in [-0.2, 0) is 23.9 Å². The highest BCUT2D eigenvalue weighted by Crippen LogP contribution is 2.44. The third kappa shape index (κ3) is 5.55. The predicted octanol–water partition coefficient (Wildman–Crippen LogP) is 2.24. The van der Waals surface area contributed by atoms with Crippen molar-refractivity contribution in [2.45, 2.75) is 83.8 Å². The van der Waals surface area contributed by atoms with Gasteiger partial charge in [0.15, 0.2) is 0 Å². The lowest BCUT2D eigenvalue weighted by molar-refractivity contribution is -0.165. The van der Waals surface area contributed by atoms with Gasteiger partial charge in [0.2, 0.25) is 18.1 Å². The molecular weight excluding hydrogens is 500 g/mol. The number of esters is 1. The van der Waals surface area contributed by atoms with Crippen molar-refractivity contribution in [1.29, 1.82) is 0 Å². The molecule has 0 spiro atoms. The number of rotatable bonds is 7. The zero-order chi connectivity index (χ0) is 27.1. The molecule has 11 heteroatoms. The monoisotopic (exact) mass is 534 g/mol. The van der Waals surface area contributed by atoms with Crippen molar-refractivity contribution < 1.29 is 28.7 Å². The lowest BCUT2D eigenvalue weighted by Crippen LogP contribution is -2.62. The second-order valence-electron chi connectivity index (χ2n) is 11.1. The number of nitrogens with two attached hydrogens (primary N) is 1. The summed E-state index contributed by atoms with van der Waals surface area (Å²) in [6.07, 6.45) is 1.51. The first kappa shape index (κ1) is 27.2. The van der Waals surface area contributed by atoms with E-state index in [2.05, 4.69) is 10.6 Å². The molecule has 1 aliphatic carbocycles. The number of halogens is 1. The number of anilines is 1. The maximum absolute atomic E-state index is 14.0. The van der Waals surface area contributed by atoms with Crippen LogP contribution in [-0.4, -0.2) is 65.7 Å². The fourth-order valence-corrected chi connectivity index (χ4v) is 5.74. The summed E-state index contributed by atoms with van der Waals surface area (Å²) < 4.78 is 10.6. The molecule has 3 amide bonds. The Morgan fingerprint density at radius 3 is 2.65 bits per heavy atom. The number of nitrogens with one attached hydrogen (secondary N) is 2. The number of benzene rings is 1. The van der Waals surface area contributed by atoms with Crippen molar-refractivity contribution >= 4 is 41.0 Å². The van der Waals surface area contributed by atoms with Crippen LogP contribution >= 0.6 is 11.6 Å². The van der Waals surface area contributed by atoms with E-state index in [4.69, 9.17) is 26.8 Å². The number of ether oxygens (including phenoxy) is 2. The van der Waals surface area contributed by atoms with Crippen LogP contribution < -0.4 is 16.4 Å². The highest BCUT2D eigenvalue weighted by molar-refractivity contribution is 6.33. The third-order valence-electron chi connectivity index (χ3n) is 7.38. The summed E-state index contributed by atoms with van der Waals surface area (Å²) >= 11 is 6.09. The van der Waals surface area contributed by atoms with Gasteiger partial charge in [-0.2, -0.15) is 0 Å². The van der Waals surface area contributed by atoms with E-state index < -0.39 is 41.7 Å². The van der Waals surface area contributed by atoms with Crippen LogP contribution in [0.2, 0.25) is 5.02 Å². The van der Waals surface area contributed by atoms with Crippen LogP contribution in [0.15, 0.2) is 18.2 Å². The van der Waals surface area contributed by atoms with Crippen molar-refractivity contribution in [3.8, 4) is 0 Å². The maximum Gasteiger partial charge on any atom is 0.310 e. The average Bonchev–Trinajstić information content (AvgIpc) is 3.53. The van der Waals surface area contributed by atoms with E-state index in [-0.39, 0.29) is 40.8 Å². The number of hydrogen-bond donors (Lipinski definition) is 3. The molecule has 2 saturated heterocycles. The molecule has 1 aromatic carbocycles. The minimum absolute atomic E-state index is 0.00439. The van der Waals surface area contributed by atoms with Crippen molar-refractivity contribution in [1.82, 2.24) is 15.5 Å².